The molecule has 4 nitrogen and oxygen atoms in total. The van der Waals surface area contributed by atoms with Crippen molar-refractivity contribution in [1.29, 1.82) is 0 Å². The summed E-state index contributed by atoms with van der Waals surface area (Å²) in [6.07, 6.45) is -8.44. The first-order chi connectivity index (χ1) is 14.0. The van der Waals surface area contributed by atoms with Crippen LogP contribution in [0.1, 0.15) is 22.3 Å². The molecule has 0 aliphatic carbocycles. The minimum Gasteiger partial charge on any atom is -0.361 e. The number of nitrogens with two attached hydrogens (primary N) is 1. The summed E-state index contributed by atoms with van der Waals surface area (Å²) >= 11 is 0. The van der Waals surface area contributed by atoms with Gasteiger partial charge in [0.2, 0.25) is 5.91 Å². The number of amides is 1. The summed E-state index contributed by atoms with van der Waals surface area (Å²) in [7, 11) is 0. The number of rotatable bonds is 5. The molecule has 0 aliphatic heterocycles. The second-order valence-corrected chi connectivity index (χ2v) is 6.76. The molecule has 0 saturated carbocycles. The lowest BCUT2D eigenvalue weighted by atomic mass is 10.0. The zero-order valence-electron chi connectivity index (χ0n) is 15.4. The summed E-state index contributed by atoms with van der Waals surface area (Å²) < 4.78 is 77.5. The van der Waals surface area contributed by atoms with Crippen molar-refractivity contribution in [2.75, 3.05) is 0 Å². The van der Waals surface area contributed by atoms with Gasteiger partial charge in [0.25, 0.3) is 0 Å². The first kappa shape index (κ1) is 21.7. The number of hydrogen-bond acceptors (Lipinski definition) is 2. The van der Waals surface area contributed by atoms with Gasteiger partial charge in [-0.2, -0.15) is 26.3 Å². The highest BCUT2D eigenvalue weighted by Crippen LogP contribution is 2.40. The molecule has 4 N–H and O–H groups in total. The first-order valence-corrected chi connectivity index (χ1v) is 8.82. The second-order valence-electron chi connectivity index (χ2n) is 6.76. The highest BCUT2D eigenvalue weighted by Gasteiger charge is 2.43. The lowest BCUT2D eigenvalue weighted by molar-refractivity contribution is -0.162. The van der Waals surface area contributed by atoms with E-state index in [0.29, 0.717) is 12.1 Å². The number of nitrogens with one attached hydrogen (secondary N) is 2. The molecule has 3 rings (SSSR count). The number of H-pyrrole nitrogens is 1. The van der Waals surface area contributed by atoms with Crippen LogP contribution in [0.25, 0.3) is 10.9 Å². The second kappa shape index (κ2) is 8.02. The van der Waals surface area contributed by atoms with Crippen LogP contribution in [0.4, 0.5) is 26.3 Å². The Bertz CT molecular complexity index is 1050. The number of halogens is 6. The zero-order chi connectivity index (χ0) is 22.1. The van der Waals surface area contributed by atoms with Gasteiger partial charge in [-0.15, -0.1) is 0 Å². The lowest BCUT2D eigenvalue weighted by Crippen LogP contribution is -2.41. The largest absolute Gasteiger partial charge is 0.417 e. The van der Waals surface area contributed by atoms with Gasteiger partial charge in [-0.25, -0.2) is 0 Å². The molecule has 160 valence electrons. The van der Waals surface area contributed by atoms with Gasteiger partial charge in [0.05, 0.1) is 17.2 Å². The molecule has 0 spiro atoms. The van der Waals surface area contributed by atoms with Crippen molar-refractivity contribution < 1.29 is 31.1 Å². The highest BCUT2D eigenvalue weighted by molar-refractivity contribution is 5.86. The summed E-state index contributed by atoms with van der Waals surface area (Å²) in [5, 5.41) is 3.26. The van der Waals surface area contributed by atoms with E-state index < -0.39 is 35.4 Å². The Morgan fingerprint density at radius 2 is 1.67 bits per heavy atom. The van der Waals surface area contributed by atoms with Crippen LogP contribution >= 0.6 is 0 Å². The van der Waals surface area contributed by atoms with E-state index in [2.05, 4.69) is 10.3 Å². The van der Waals surface area contributed by atoms with Crippen LogP contribution in [0.3, 0.4) is 0 Å². The Kier molecular flexibility index (Phi) is 5.80. The number of benzene rings is 2. The molecule has 10 heteroatoms. The Hall–Kier alpha value is -3.01. The van der Waals surface area contributed by atoms with Gasteiger partial charge in [0.1, 0.15) is 0 Å². The minimum absolute atomic E-state index is 0.122. The molecule has 0 bridgehead atoms. The summed E-state index contributed by atoms with van der Waals surface area (Å²) in [5.74, 6) is -0.631. The van der Waals surface area contributed by atoms with Crippen molar-refractivity contribution in [1.82, 2.24) is 10.3 Å². The van der Waals surface area contributed by atoms with Crippen LogP contribution in [-0.2, 0) is 30.1 Å². The van der Waals surface area contributed by atoms with Gasteiger partial charge in [-0.3, -0.25) is 4.79 Å². The average Bonchev–Trinajstić information content (AvgIpc) is 3.07. The molecular weight excluding hydrogens is 412 g/mol. The molecule has 1 heterocycles. The van der Waals surface area contributed by atoms with Crippen molar-refractivity contribution in [2.45, 2.75) is 31.4 Å². The predicted molar refractivity (Wildman–Crippen MR) is 98.3 cm³/mol. The third kappa shape index (κ3) is 4.76. The standard InChI is InChI=1S/C20H17F6N3O/c21-19(22,23)14-6-5-11(7-15(14)20(24,25)26)9-29-18(30)16(27)8-12-10-28-17-4-2-1-3-13(12)17/h1-7,10,16,28H,8-9,27H2,(H,29,30). The predicted octanol–water partition coefficient (Wildman–Crippen LogP) is 4.39. The molecule has 30 heavy (non-hydrogen) atoms. The molecule has 0 aliphatic rings. The minimum atomic E-state index is -5.18. The van der Waals surface area contributed by atoms with E-state index in [1.807, 2.05) is 24.3 Å². The Morgan fingerprint density at radius 3 is 2.33 bits per heavy atom. The van der Waals surface area contributed by atoms with E-state index in [1.165, 1.54) is 0 Å². The molecule has 3 aromatic rings. The fourth-order valence-electron chi connectivity index (χ4n) is 3.13. The molecule has 0 saturated heterocycles. The van der Waals surface area contributed by atoms with Gasteiger partial charge in [-0.1, -0.05) is 24.3 Å². The Balaban J connectivity index is 1.69. The van der Waals surface area contributed by atoms with Crippen molar-refractivity contribution in [3.8, 4) is 0 Å². The summed E-state index contributed by atoms with van der Waals surface area (Å²) in [4.78, 5) is 15.3. The van der Waals surface area contributed by atoms with Crippen molar-refractivity contribution in [3.05, 3.63) is 70.9 Å². The van der Waals surface area contributed by atoms with Gasteiger partial charge in [0, 0.05) is 23.6 Å². The maximum atomic E-state index is 13.0. The highest BCUT2D eigenvalue weighted by atomic mass is 19.4. The number of aromatic amines is 1. The third-order valence-electron chi connectivity index (χ3n) is 4.61. The maximum Gasteiger partial charge on any atom is 0.417 e. The smallest absolute Gasteiger partial charge is 0.361 e. The maximum absolute atomic E-state index is 13.0. The molecule has 0 radical (unpaired) electrons. The van der Waals surface area contributed by atoms with Gasteiger partial charge < -0.3 is 16.0 Å². The molecule has 1 amide bonds. The Labute approximate surface area is 167 Å². The van der Waals surface area contributed by atoms with E-state index in [9.17, 15) is 31.1 Å². The van der Waals surface area contributed by atoms with Crippen molar-refractivity contribution in [2.24, 2.45) is 5.73 Å². The Morgan fingerprint density at radius 1 is 1.00 bits per heavy atom. The normalized spacial score (nSPS) is 13.4. The van der Waals surface area contributed by atoms with Crippen LogP contribution in [-0.4, -0.2) is 16.9 Å². The van der Waals surface area contributed by atoms with E-state index in [1.54, 1.807) is 6.20 Å². The molecule has 2 aromatic carbocycles. The van der Waals surface area contributed by atoms with E-state index in [-0.39, 0.29) is 18.5 Å². The number of hydrogen-bond donors (Lipinski definition) is 3. The number of carbonyl (C=O) groups is 1. The zero-order valence-corrected chi connectivity index (χ0v) is 15.4. The van der Waals surface area contributed by atoms with Crippen LogP contribution in [0.5, 0.6) is 0 Å². The number of aromatic nitrogens is 1. The molecular formula is C20H17F6N3O. The first-order valence-electron chi connectivity index (χ1n) is 8.82. The fourth-order valence-corrected chi connectivity index (χ4v) is 3.13. The number of carbonyl (C=O) groups excluding carboxylic acids is 1. The van der Waals surface area contributed by atoms with Crippen molar-refractivity contribution >= 4 is 16.8 Å². The lowest BCUT2D eigenvalue weighted by Gasteiger charge is -2.17. The van der Waals surface area contributed by atoms with E-state index in [0.717, 1.165) is 22.5 Å². The van der Waals surface area contributed by atoms with Gasteiger partial charge >= 0.3 is 12.4 Å². The summed E-state index contributed by atoms with van der Waals surface area (Å²) in [6, 6.07) is 8.03. The summed E-state index contributed by atoms with van der Waals surface area (Å²) in [6.45, 7) is -0.387. The molecule has 1 atom stereocenters. The topological polar surface area (TPSA) is 70.9 Å². The fraction of sp³-hybridized carbons (Fsp3) is 0.250. The molecule has 1 unspecified atom stereocenters. The van der Waals surface area contributed by atoms with Crippen LogP contribution in [0, 0.1) is 0 Å². The van der Waals surface area contributed by atoms with Crippen molar-refractivity contribution in [3.63, 3.8) is 0 Å². The molecule has 0 fully saturated rings. The third-order valence-corrected chi connectivity index (χ3v) is 4.61. The van der Waals surface area contributed by atoms with Crippen LogP contribution in [0.15, 0.2) is 48.7 Å². The number of para-hydroxylation sites is 1. The monoisotopic (exact) mass is 429 g/mol. The average molecular weight is 429 g/mol. The van der Waals surface area contributed by atoms with Gasteiger partial charge in [0.15, 0.2) is 0 Å². The number of alkyl halides is 6. The number of fused-ring (bicyclic) bond motifs is 1. The van der Waals surface area contributed by atoms with E-state index in [4.69, 9.17) is 5.73 Å². The SMILES string of the molecule is NC(Cc1c[nH]c2ccccc12)C(=O)NCc1ccc(C(F)(F)F)c(C(F)(F)F)c1. The molecule has 1 aromatic heterocycles. The van der Waals surface area contributed by atoms with Crippen LogP contribution in [0.2, 0.25) is 0 Å². The quantitative estimate of drug-likeness (QED) is 0.527. The van der Waals surface area contributed by atoms with Gasteiger partial charge in [-0.05, 0) is 35.7 Å². The summed E-state index contributed by atoms with van der Waals surface area (Å²) in [5.41, 5.74) is 3.85. The van der Waals surface area contributed by atoms with E-state index >= 15 is 0 Å². The van der Waals surface area contributed by atoms with Crippen LogP contribution < -0.4 is 11.1 Å².